The first-order chi connectivity index (χ1) is 12.7. The van der Waals surface area contributed by atoms with Crippen LogP contribution in [0.4, 0.5) is 0 Å². The average molecular weight is 348 g/mol. The number of aryl methyl sites for hydroxylation is 1. The van der Waals surface area contributed by atoms with Crippen LogP contribution in [0.5, 0.6) is 5.75 Å². The molecule has 3 heterocycles. The number of ether oxygens (including phenoxy) is 1. The molecule has 1 aliphatic rings. The van der Waals surface area contributed by atoms with E-state index in [0.717, 1.165) is 28.9 Å². The molecule has 26 heavy (non-hydrogen) atoms. The number of fused-ring (bicyclic) bond motifs is 1. The minimum Gasteiger partial charge on any atom is -0.496 e. The molecule has 0 bridgehead atoms. The molecule has 2 aromatic heterocycles. The number of nitrogens with zero attached hydrogens (tertiary/aromatic N) is 3. The number of rotatable bonds is 3. The van der Waals surface area contributed by atoms with Crippen LogP contribution in [0.15, 0.2) is 49.1 Å². The molecule has 0 spiro atoms. The number of carbonyl (C=O) groups is 1. The van der Waals surface area contributed by atoms with Crippen LogP contribution in [0, 0.1) is 6.92 Å². The van der Waals surface area contributed by atoms with Gasteiger partial charge in [0.25, 0.3) is 5.91 Å². The Hall–Kier alpha value is -3.15. The number of pyridine rings is 1. The molecule has 4 rings (SSSR count). The predicted molar refractivity (Wildman–Crippen MR) is 97.1 cm³/mol. The van der Waals surface area contributed by atoms with Crippen LogP contribution >= 0.6 is 0 Å². The van der Waals surface area contributed by atoms with E-state index in [4.69, 9.17) is 4.74 Å². The van der Waals surface area contributed by atoms with Crippen LogP contribution in [-0.4, -0.2) is 39.4 Å². The maximum Gasteiger partial charge on any atom is 0.258 e. The molecular formula is C20H20N4O2. The molecule has 0 aliphatic carbocycles. The lowest BCUT2D eigenvalue weighted by atomic mass is 9.95. The van der Waals surface area contributed by atoms with E-state index in [2.05, 4.69) is 15.0 Å². The number of carbonyl (C=O) groups excluding carboxylic acids is 1. The largest absolute Gasteiger partial charge is 0.496 e. The average Bonchev–Trinajstić information content (AvgIpc) is 3.16. The van der Waals surface area contributed by atoms with Gasteiger partial charge in [-0.2, -0.15) is 0 Å². The van der Waals surface area contributed by atoms with Crippen LogP contribution in [0.3, 0.4) is 0 Å². The van der Waals surface area contributed by atoms with Crippen molar-refractivity contribution in [2.24, 2.45) is 0 Å². The first kappa shape index (κ1) is 16.3. The quantitative estimate of drug-likeness (QED) is 0.790. The fourth-order valence-corrected chi connectivity index (χ4v) is 3.50. The third-order valence-electron chi connectivity index (χ3n) is 4.77. The molecule has 1 atom stereocenters. The van der Waals surface area contributed by atoms with Crippen molar-refractivity contribution in [3.05, 3.63) is 77.1 Å². The lowest BCUT2D eigenvalue weighted by Gasteiger charge is -2.35. The Balaban J connectivity index is 1.79. The number of aromatic amines is 1. The van der Waals surface area contributed by atoms with E-state index in [9.17, 15) is 4.79 Å². The number of hydrogen-bond donors (Lipinski definition) is 1. The maximum atomic E-state index is 13.4. The van der Waals surface area contributed by atoms with Gasteiger partial charge in [-0.3, -0.25) is 9.78 Å². The van der Waals surface area contributed by atoms with Gasteiger partial charge in [-0.1, -0.05) is 12.1 Å². The molecule has 1 amide bonds. The van der Waals surface area contributed by atoms with Gasteiger partial charge >= 0.3 is 0 Å². The van der Waals surface area contributed by atoms with E-state index >= 15 is 0 Å². The maximum absolute atomic E-state index is 13.4. The second-order valence-corrected chi connectivity index (χ2v) is 6.41. The molecule has 6 heteroatoms. The lowest BCUT2D eigenvalue weighted by molar-refractivity contribution is 0.0687. The summed E-state index contributed by atoms with van der Waals surface area (Å²) in [7, 11) is 1.59. The number of methoxy groups -OCH3 is 1. The van der Waals surface area contributed by atoms with Crippen LogP contribution in [0.1, 0.15) is 38.9 Å². The van der Waals surface area contributed by atoms with E-state index < -0.39 is 0 Å². The molecule has 3 aromatic rings. The summed E-state index contributed by atoms with van der Waals surface area (Å²) in [5.74, 6) is 0.525. The zero-order valence-electron chi connectivity index (χ0n) is 14.8. The standard InChI is InChI=1S/C20H20N4O2/c1-13-5-6-15(17(10-13)26-2)20(25)24-9-7-16-18(23-12-22-16)19(24)14-4-3-8-21-11-14/h3-6,8,10-12,19H,7,9H2,1-2H3,(H,22,23). The number of aromatic nitrogens is 3. The summed E-state index contributed by atoms with van der Waals surface area (Å²) >= 11 is 0. The number of H-pyrrole nitrogens is 1. The van der Waals surface area contributed by atoms with Crippen LogP contribution < -0.4 is 4.74 Å². The van der Waals surface area contributed by atoms with Crippen LogP contribution in [0.25, 0.3) is 0 Å². The first-order valence-electron chi connectivity index (χ1n) is 8.56. The summed E-state index contributed by atoms with van der Waals surface area (Å²) in [6, 6.07) is 9.24. The second-order valence-electron chi connectivity index (χ2n) is 6.41. The van der Waals surface area contributed by atoms with E-state index in [1.807, 2.05) is 42.2 Å². The Morgan fingerprint density at radius 2 is 2.23 bits per heavy atom. The van der Waals surface area contributed by atoms with E-state index in [1.54, 1.807) is 25.8 Å². The van der Waals surface area contributed by atoms with Crippen LogP contribution in [-0.2, 0) is 6.42 Å². The molecule has 1 unspecified atom stereocenters. The molecule has 6 nitrogen and oxygen atoms in total. The molecule has 0 saturated carbocycles. The van der Waals surface area contributed by atoms with Gasteiger partial charge in [0.2, 0.25) is 0 Å². The normalized spacial score (nSPS) is 16.2. The van der Waals surface area contributed by atoms with Crippen molar-refractivity contribution in [3.63, 3.8) is 0 Å². The van der Waals surface area contributed by atoms with Gasteiger partial charge in [-0.15, -0.1) is 0 Å². The monoisotopic (exact) mass is 348 g/mol. The Bertz CT molecular complexity index is 936. The van der Waals surface area contributed by atoms with Crippen molar-refractivity contribution in [1.82, 2.24) is 19.9 Å². The van der Waals surface area contributed by atoms with Gasteiger partial charge in [0.05, 0.1) is 24.7 Å². The Kier molecular flexibility index (Phi) is 4.16. The van der Waals surface area contributed by atoms with Crippen molar-refractivity contribution in [1.29, 1.82) is 0 Å². The highest BCUT2D eigenvalue weighted by Crippen LogP contribution is 2.35. The van der Waals surface area contributed by atoms with E-state index in [0.29, 0.717) is 17.9 Å². The minimum atomic E-state index is -0.266. The Morgan fingerprint density at radius 1 is 1.35 bits per heavy atom. The summed E-state index contributed by atoms with van der Waals surface area (Å²) in [6.07, 6.45) is 5.95. The molecular weight excluding hydrogens is 328 g/mol. The van der Waals surface area contributed by atoms with Gasteiger partial charge in [0.1, 0.15) is 11.8 Å². The van der Waals surface area contributed by atoms with Crippen molar-refractivity contribution in [3.8, 4) is 5.75 Å². The summed E-state index contributed by atoms with van der Waals surface area (Å²) in [5.41, 5.74) is 4.50. The highest BCUT2D eigenvalue weighted by Gasteiger charge is 2.35. The summed E-state index contributed by atoms with van der Waals surface area (Å²) in [6.45, 7) is 2.58. The van der Waals surface area contributed by atoms with Gasteiger partial charge in [-0.25, -0.2) is 4.98 Å². The zero-order valence-corrected chi connectivity index (χ0v) is 14.8. The topological polar surface area (TPSA) is 71.1 Å². The fraction of sp³-hybridized carbons (Fsp3) is 0.250. The minimum absolute atomic E-state index is 0.0654. The third kappa shape index (κ3) is 2.73. The third-order valence-corrected chi connectivity index (χ3v) is 4.77. The van der Waals surface area contributed by atoms with Crippen molar-refractivity contribution >= 4 is 5.91 Å². The molecule has 0 saturated heterocycles. The van der Waals surface area contributed by atoms with Crippen molar-refractivity contribution in [2.45, 2.75) is 19.4 Å². The highest BCUT2D eigenvalue weighted by molar-refractivity contribution is 5.97. The second kappa shape index (κ2) is 6.63. The molecule has 0 fully saturated rings. The van der Waals surface area contributed by atoms with Gasteiger partial charge < -0.3 is 14.6 Å². The molecule has 0 radical (unpaired) electrons. The molecule has 132 valence electrons. The van der Waals surface area contributed by atoms with E-state index in [-0.39, 0.29) is 11.9 Å². The summed E-state index contributed by atoms with van der Waals surface area (Å²) in [4.78, 5) is 27.2. The number of amides is 1. The predicted octanol–water partition coefficient (Wildman–Crippen LogP) is 2.91. The Morgan fingerprint density at radius 3 is 3.00 bits per heavy atom. The van der Waals surface area contributed by atoms with E-state index in [1.165, 1.54) is 0 Å². The molecule has 1 aliphatic heterocycles. The molecule has 1 aromatic carbocycles. The fourth-order valence-electron chi connectivity index (χ4n) is 3.50. The van der Waals surface area contributed by atoms with Gasteiger partial charge in [0, 0.05) is 31.1 Å². The van der Waals surface area contributed by atoms with Gasteiger partial charge in [-0.05, 0) is 36.2 Å². The number of imidazole rings is 1. The summed E-state index contributed by atoms with van der Waals surface area (Å²) in [5, 5.41) is 0. The van der Waals surface area contributed by atoms with Crippen molar-refractivity contribution in [2.75, 3.05) is 13.7 Å². The summed E-state index contributed by atoms with van der Waals surface area (Å²) < 4.78 is 5.45. The number of nitrogens with one attached hydrogen (secondary N) is 1. The first-order valence-corrected chi connectivity index (χ1v) is 8.56. The number of hydrogen-bond acceptors (Lipinski definition) is 4. The number of benzene rings is 1. The van der Waals surface area contributed by atoms with Crippen molar-refractivity contribution < 1.29 is 9.53 Å². The zero-order chi connectivity index (χ0) is 18.1. The highest BCUT2D eigenvalue weighted by atomic mass is 16.5. The SMILES string of the molecule is COc1cc(C)ccc1C(=O)N1CCc2[nH]cnc2C1c1cccnc1. The smallest absolute Gasteiger partial charge is 0.258 e. The molecule has 1 N–H and O–H groups in total. The van der Waals surface area contributed by atoms with Gasteiger partial charge in [0.15, 0.2) is 0 Å². The van der Waals surface area contributed by atoms with Crippen LogP contribution in [0.2, 0.25) is 0 Å². The lowest BCUT2D eigenvalue weighted by Crippen LogP contribution is -2.41. The Labute approximate surface area is 151 Å².